The lowest BCUT2D eigenvalue weighted by Crippen LogP contribution is -2.58. The quantitative estimate of drug-likeness (QED) is 0.723. The summed E-state index contributed by atoms with van der Waals surface area (Å²) in [6.45, 7) is 4.19. The molecule has 1 spiro atoms. The lowest BCUT2D eigenvalue weighted by atomic mass is 9.41. The van der Waals surface area contributed by atoms with Gasteiger partial charge >= 0.3 is 5.97 Å². The standard InChI is InChI=1S/C20H32O4/c1-17-7-3-8-18(2,16(22)23)14(17)6-9-19-10-13(4-5-15(17)19)20(24,11-19)12-21/h13-15,21,24H,3-12H2,1-2H3,(H,22,23)/t13-,14-,15-,17+,18?,19-,20+/m1/s1. The minimum Gasteiger partial charge on any atom is -0.481 e. The van der Waals surface area contributed by atoms with Crippen molar-refractivity contribution in [3.63, 3.8) is 0 Å². The minimum atomic E-state index is -0.900. The van der Waals surface area contributed by atoms with E-state index in [-0.39, 0.29) is 29.3 Å². The van der Waals surface area contributed by atoms with E-state index in [0.717, 1.165) is 57.8 Å². The highest BCUT2D eigenvalue weighted by atomic mass is 16.4. The molecule has 0 amide bonds. The van der Waals surface area contributed by atoms with Crippen molar-refractivity contribution >= 4 is 5.97 Å². The van der Waals surface area contributed by atoms with Crippen LogP contribution in [0.2, 0.25) is 0 Å². The van der Waals surface area contributed by atoms with Gasteiger partial charge in [0.25, 0.3) is 0 Å². The van der Waals surface area contributed by atoms with E-state index in [0.29, 0.717) is 5.92 Å². The summed E-state index contributed by atoms with van der Waals surface area (Å²) in [5, 5.41) is 30.6. The third kappa shape index (κ3) is 1.90. The van der Waals surface area contributed by atoms with E-state index in [1.807, 2.05) is 6.92 Å². The summed E-state index contributed by atoms with van der Waals surface area (Å²) < 4.78 is 0. The maximum absolute atomic E-state index is 12.1. The van der Waals surface area contributed by atoms with E-state index in [9.17, 15) is 20.1 Å². The number of rotatable bonds is 2. The molecule has 24 heavy (non-hydrogen) atoms. The molecular weight excluding hydrogens is 304 g/mol. The van der Waals surface area contributed by atoms with Crippen molar-refractivity contribution in [3.05, 3.63) is 0 Å². The van der Waals surface area contributed by atoms with Crippen LogP contribution in [-0.2, 0) is 4.79 Å². The van der Waals surface area contributed by atoms with Crippen molar-refractivity contribution in [1.82, 2.24) is 0 Å². The number of aliphatic hydroxyl groups excluding tert-OH is 1. The van der Waals surface area contributed by atoms with Crippen molar-refractivity contribution in [2.24, 2.45) is 34.0 Å². The summed E-state index contributed by atoms with van der Waals surface area (Å²) in [7, 11) is 0. The molecule has 0 aromatic rings. The van der Waals surface area contributed by atoms with Gasteiger partial charge in [-0.2, -0.15) is 0 Å². The zero-order valence-corrected chi connectivity index (χ0v) is 15.1. The first kappa shape index (κ1) is 16.8. The largest absolute Gasteiger partial charge is 0.481 e. The van der Waals surface area contributed by atoms with Crippen molar-refractivity contribution in [2.45, 2.75) is 77.2 Å². The van der Waals surface area contributed by atoms with E-state index >= 15 is 0 Å². The lowest BCUT2D eigenvalue weighted by molar-refractivity contribution is -0.181. The number of fused-ring (bicyclic) bond motifs is 3. The molecule has 4 nitrogen and oxygen atoms in total. The summed E-state index contributed by atoms with van der Waals surface area (Å²) in [5.41, 5.74) is -1.31. The molecule has 3 N–H and O–H groups in total. The first-order chi connectivity index (χ1) is 11.2. The molecule has 136 valence electrons. The summed E-state index contributed by atoms with van der Waals surface area (Å²) >= 11 is 0. The summed E-state index contributed by atoms with van der Waals surface area (Å²) in [4.78, 5) is 12.1. The first-order valence-corrected chi connectivity index (χ1v) is 9.77. The van der Waals surface area contributed by atoms with Crippen LogP contribution >= 0.6 is 0 Å². The molecule has 2 bridgehead atoms. The van der Waals surface area contributed by atoms with Crippen LogP contribution in [0.5, 0.6) is 0 Å². The van der Waals surface area contributed by atoms with Gasteiger partial charge < -0.3 is 15.3 Å². The Hall–Kier alpha value is -0.610. The first-order valence-electron chi connectivity index (χ1n) is 9.77. The van der Waals surface area contributed by atoms with Gasteiger partial charge in [0.15, 0.2) is 0 Å². The number of aliphatic carboxylic acids is 1. The Morgan fingerprint density at radius 3 is 2.50 bits per heavy atom. The second kappa shape index (κ2) is 4.97. The van der Waals surface area contributed by atoms with Crippen molar-refractivity contribution in [1.29, 1.82) is 0 Å². The zero-order chi connectivity index (χ0) is 17.4. The fourth-order valence-corrected chi connectivity index (χ4v) is 8.06. The van der Waals surface area contributed by atoms with Crippen LogP contribution in [0.25, 0.3) is 0 Å². The molecule has 4 aliphatic carbocycles. The van der Waals surface area contributed by atoms with Gasteiger partial charge in [0, 0.05) is 0 Å². The Bertz CT molecular complexity index is 562. The third-order valence-corrected chi connectivity index (χ3v) is 9.08. The van der Waals surface area contributed by atoms with Crippen molar-refractivity contribution in [2.75, 3.05) is 6.61 Å². The Kier molecular flexibility index (Phi) is 3.49. The molecule has 0 aromatic carbocycles. The van der Waals surface area contributed by atoms with Crippen LogP contribution in [0.4, 0.5) is 0 Å². The number of carbonyl (C=O) groups is 1. The van der Waals surface area contributed by atoms with E-state index < -0.39 is 17.0 Å². The van der Waals surface area contributed by atoms with E-state index in [4.69, 9.17) is 0 Å². The van der Waals surface area contributed by atoms with Gasteiger partial charge in [-0.1, -0.05) is 13.3 Å². The predicted octanol–water partition coefficient (Wildman–Crippen LogP) is 3.21. The molecule has 4 rings (SSSR count). The second-order valence-corrected chi connectivity index (χ2v) is 10.0. The van der Waals surface area contributed by atoms with Crippen LogP contribution in [0.1, 0.15) is 71.6 Å². The van der Waals surface area contributed by atoms with E-state index in [2.05, 4.69) is 6.92 Å². The normalized spacial score (nSPS) is 56.4. The van der Waals surface area contributed by atoms with Crippen molar-refractivity contribution in [3.8, 4) is 0 Å². The maximum atomic E-state index is 12.1. The molecular formula is C20H32O4. The second-order valence-electron chi connectivity index (χ2n) is 10.0. The molecule has 0 aliphatic heterocycles. The Labute approximate surface area is 144 Å². The minimum absolute atomic E-state index is 0.0648. The van der Waals surface area contributed by atoms with Gasteiger partial charge in [-0.15, -0.1) is 0 Å². The predicted molar refractivity (Wildman–Crippen MR) is 90.3 cm³/mol. The molecule has 0 heterocycles. The average molecular weight is 336 g/mol. The molecule has 0 aromatic heterocycles. The van der Waals surface area contributed by atoms with Gasteiger partial charge in [-0.25, -0.2) is 0 Å². The van der Waals surface area contributed by atoms with Gasteiger partial charge in [0.2, 0.25) is 0 Å². The Morgan fingerprint density at radius 1 is 1.08 bits per heavy atom. The summed E-state index contributed by atoms with van der Waals surface area (Å²) in [6.07, 6.45) is 8.73. The van der Waals surface area contributed by atoms with Gasteiger partial charge in [0.1, 0.15) is 0 Å². The third-order valence-electron chi connectivity index (χ3n) is 9.08. The SMILES string of the molecule is CC1(C(=O)O)CCC[C@@]2(C)[C@H]1CC[C@]13C[C@@H](CC[C@@H]12)[C@@](O)(CO)C3. The van der Waals surface area contributed by atoms with Crippen LogP contribution in [0.15, 0.2) is 0 Å². The number of aliphatic hydroxyl groups is 2. The topological polar surface area (TPSA) is 77.8 Å². The number of hydrogen-bond donors (Lipinski definition) is 3. The van der Waals surface area contributed by atoms with Gasteiger partial charge in [-0.3, -0.25) is 4.79 Å². The van der Waals surface area contributed by atoms with Gasteiger partial charge in [-0.05, 0) is 86.9 Å². The highest BCUT2D eigenvalue weighted by Gasteiger charge is 2.68. The zero-order valence-electron chi connectivity index (χ0n) is 15.1. The van der Waals surface area contributed by atoms with Crippen LogP contribution < -0.4 is 0 Å². The number of carboxylic acid groups (broad SMARTS) is 1. The fraction of sp³-hybridized carbons (Fsp3) is 0.950. The van der Waals surface area contributed by atoms with Crippen LogP contribution in [0.3, 0.4) is 0 Å². The highest BCUT2D eigenvalue weighted by molar-refractivity contribution is 5.75. The molecule has 1 unspecified atom stereocenters. The van der Waals surface area contributed by atoms with E-state index in [1.54, 1.807) is 0 Å². The molecule has 7 atom stereocenters. The molecule has 4 saturated carbocycles. The van der Waals surface area contributed by atoms with Crippen molar-refractivity contribution < 1.29 is 20.1 Å². The lowest BCUT2D eigenvalue weighted by Gasteiger charge is -2.63. The molecule has 0 saturated heterocycles. The highest BCUT2D eigenvalue weighted by Crippen LogP contribution is 2.72. The summed E-state index contributed by atoms with van der Waals surface area (Å²) in [6, 6.07) is 0. The van der Waals surface area contributed by atoms with Crippen LogP contribution in [0, 0.1) is 34.0 Å². The summed E-state index contributed by atoms with van der Waals surface area (Å²) in [5.74, 6) is 0.348. The molecule has 4 aliphatic rings. The average Bonchev–Trinajstić information content (AvgIpc) is 2.73. The molecule has 0 radical (unpaired) electrons. The Morgan fingerprint density at radius 2 is 1.83 bits per heavy atom. The smallest absolute Gasteiger partial charge is 0.309 e. The van der Waals surface area contributed by atoms with Crippen LogP contribution in [-0.4, -0.2) is 33.5 Å². The van der Waals surface area contributed by atoms with E-state index in [1.165, 1.54) is 0 Å². The number of carboxylic acids is 1. The Balaban J connectivity index is 1.73. The number of hydrogen-bond acceptors (Lipinski definition) is 3. The fourth-order valence-electron chi connectivity index (χ4n) is 8.06. The molecule has 4 heteroatoms. The maximum Gasteiger partial charge on any atom is 0.309 e. The molecule has 4 fully saturated rings. The van der Waals surface area contributed by atoms with Gasteiger partial charge in [0.05, 0.1) is 17.6 Å². The monoisotopic (exact) mass is 336 g/mol.